The molecule has 0 bridgehead atoms. The van der Waals surface area contributed by atoms with E-state index in [0.29, 0.717) is 11.5 Å². The molecular weight excluding hydrogens is 428 g/mol. The molecule has 0 unspecified atom stereocenters. The maximum Gasteiger partial charge on any atom is 0.330 e. The Morgan fingerprint density at radius 2 is 1.67 bits per heavy atom. The van der Waals surface area contributed by atoms with Crippen molar-refractivity contribution in [1.82, 2.24) is 9.55 Å². The van der Waals surface area contributed by atoms with Gasteiger partial charge in [0.2, 0.25) is 0 Å². The van der Waals surface area contributed by atoms with Gasteiger partial charge in [0.15, 0.2) is 5.69 Å². The van der Waals surface area contributed by atoms with E-state index in [1.165, 1.54) is 38.4 Å². The number of methoxy groups -OCH3 is 3. The number of nitrogen functional groups attached to an aromatic ring is 1. The summed E-state index contributed by atoms with van der Waals surface area (Å²) < 4.78 is 16.7. The largest absolute Gasteiger partial charge is 0.497 e. The van der Waals surface area contributed by atoms with Crippen LogP contribution in [0.3, 0.4) is 0 Å². The second kappa shape index (κ2) is 10.5. The number of hydrogen-bond acceptors (Lipinski definition) is 7. The van der Waals surface area contributed by atoms with Crippen LogP contribution < -0.4 is 31.4 Å². The highest BCUT2D eigenvalue weighted by molar-refractivity contribution is 6.07. The molecule has 10 heteroatoms. The van der Waals surface area contributed by atoms with Crippen LogP contribution in [-0.2, 0) is 17.8 Å². The Hall–Kier alpha value is -4.05. The SMILES string of the molecule is COCCn1c(N)c(N(Cc2ccccc2)C(=O)c2cc(OC)cc(OC)c2)c(=O)[nH]c1=O. The van der Waals surface area contributed by atoms with E-state index < -0.39 is 17.2 Å². The molecule has 2 aromatic carbocycles. The van der Waals surface area contributed by atoms with Crippen molar-refractivity contribution >= 4 is 17.4 Å². The number of nitrogens with two attached hydrogens (primary N) is 1. The summed E-state index contributed by atoms with van der Waals surface area (Å²) in [6, 6.07) is 13.8. The molecule has 3 rings (SSSR count). The quantitative estimate of drug-likeness (QED) is 0.503. The van der Waals surface area contributed by atoms with Gasteiger partial charge >= 0.3 is 5.69 Å². The maximum atomic E-state index is 13.7. The Balaban J connectivity index is 2.19. The molecule has 33 heavy (non-hydrogen) atoms. The van der Waals surface area contributed by atoms with E-state index in [2.05, 4.69) is 4.98 Å². The zero-order valence-electron chi connectivity index (χ0n) is 18.7. The topological polar surface area (TPSA) is 129 Å². The number of H-pyrrole nitrogens is 1. The summed E-state index contributed by atoms with van der Waals surface area (Å²) in [4.78, 5) is 42.4. The van der Waals surface area contributed by atoms with Gasteiger partial charge in [-0.25, -0.2) is 4.79 Å². The van der Waals surface area contributed by atoms with Crippen molar-refractivity contribution in [3.05, 3.63) is 80.5 Å². The van der Waals surface area contributed by atoms with Gasteiger partial charge in [-0.3, -0.25) is 24.0 Å². The Kier molecular flexibility index (Phi) is 7.52. The van der Waals surface area contributed by atoms with Crippen LogP contribution in [0, 0.1) is 0 Å². The molecule has 0 saturated heterocycles. The molecule has 0 aliphatic carbocycles. The normalized spacial score (nSPS) is 10.6. The van der Waals surface area contributed by atoms with Gasteiger partial charge in [0, 0.05) is 18.7 Å². The summed E-state index contributed by atoms with van der Waals surface area (Å²) in [5.41, 5.74) is 5.63. The Labute approximate surface area is 190 Å². The molecule has 0 atom stereocenters. The van der Waals surface area contributed by atoms with Gasteiger partial charge in [-0.1, -0.05) is 30.3 Å². The first-order valence-corrected chi connectivity index (χ1v) is 10.1. The second-order valence-corrected chi connectivity index (χ2v) is 7.12. The van der Waals surface area contributed by atoms with Crippen LogP contribution in [0.1, 0.15) is 15.9 Å². The number of aromatic nitrogens is 2. The molecule has 174 valence electrons. The third-order valence-electron chi connectivity index (χ3n) is 5.03. The van der Waals surface area contributed by atoms with Crippen molar-refractivity contribution in [3.8, 4) is 11.5 Å². The number of carbonyl (C=O) groups excluding carboxylic acids is 1. The lowest BCUT2D eigenvalue weighted by Crippen LogP contribution is -2.41. The zero-order valence-corrected chi connectivity index (χ0v) is 18.7. The molecule has 1 heterocycles. The Bertz CT molecular complexity index is 1210. The van der Waals surface area contributed by atoms with Crippen molar-refractivity contribution in [2.24, 2.45) is 0 Å². The van der Waals surface area contributed by atoms with Gasteiger partial charge in [-0.15, -0.1) is 0 Å². The molecule has 0 aliphatic heterocycles. The summed E-state index contributed by atoms with van der Waals surface area (Å²) in [6.45, 7) is 0.329. The molecule has 0 spiro atoms. The lowest BCUT2D eigenvalue weighted by molar-refractivity contribution is 0.0984. The van der Waals surface area contributed by atoms with Crippen LogP contribution in [0.2, 0.25) is 0 Å². The molecule has 10 nitrogen and oxygen atoms in total. The summed E-state index contributed by atoms with van der Waals surface area (Å²) in [7, 11) is 4.42. The summed E-state index contributed by atoms with van der Waals surface area (Å²) in [5, 5.41) is 0. The molecule has 0 aliphatic rings. The molecule has 0 saturated carbocycles. The number of ether oxygens (including phenoxy) is 3. The van der Waals surface area contributed by atoms with E-state index in [0.717, 1.165) is 10.1 Å². The predicted octanol–water partition coefficient (Wildman–Crippen LogP) is 1.63. The molecule has 1 amide bonds. The van der Waals surface area contributed by atoms with Crippen molar-refractivity contribution in [3.63, 3.8) is 0 Å². The van der Waals surface area contributed by atoms with E-state index in [1.807, 2.05) is 30.3 Å². The Morgan fingerprint density at radius 3 is 2.24 bits per heavy atom. The zero-order chi connectivity index (χ0) is 24.0. The highest BCUT2D eigenvalue weighted by Crippen LogP contribution is 2.27. The Morgan fingerprint density at radius 1 is 1.03 bits per heavy atom. The molecular formula is C23H26N4O6. The van der Waals surface area contributed by atoms with Crippen LogP contribution in [0.25, 0.3) is 0 Å². The van der Waals surface area contributed by atoms with E-state index in [-0.39, 0.29) is 36.8 Å². The lowest BCUT2D eigenvalue weighted by atomic mass is 10.1. The summed E-state index contributed by atoms with van der Waals surface area (Å²) in [6.07, 6.45) is 0. The standard InChI is InChI=1S/C23H26N4O6/c1-31-10-9-26-20(24)19(21(28)25-23(26)30)27(14-15-7-5-4-6-8-15)22(29)16-11-17(32-2)13-18(12-16)33-3/h4-8,11-13H,9-10,14,24H2,1-3H3,(H,25,28,30). The molecule has 1 aromatic heterocycles. The van der Waals surface area contributed by atoms with Gasteiger partial charge in [-0.2, -0.15) is 0 Å². The van der Waals surface area contributed by atoms with Crippen molar-refractivity contribution in [2.45, 2.75) is 13.1 Å². The van der Waals surface area contributed by atoms with Crippen molar-refractivity contribution in [2.75, 3.05) is 38.6 Å². The average Bonchev–Trinajstić information content (AvgIpc) is 2.82. The number of benzene rings is 2. The number of rotatable bonds is 9. The molecule has 0 radical (unpaired) electrons. The van der Waals surface area contributed by atoms with E-state index >= 15 is 0 Å². The average molecular weight is 454 g/mol. The number of aromatic amines is 1. The first kappa shape index (κ1) is 23.6. The third kappa shape index (κ3) is 5.24. The number of hydrogen-bond donors (Lipinski definition) is 2. The second-order valence-electron chi connectivity index (χ2n) is 7.12. The van der Waals surface area contributed by atoms with Gasteiger partial charge in [0.05, 0.1) is 33.9 Å². The van der Waals surface area contributed by atoms with Crippen molar-refractivity contribution < 1.29 is 19.0 Å². The van der Waals surface area contributed by atoms with Gasteiger partial charge in [0.1, 0.15) is 17.3 Å². The van der Waals surface area contributed by atoms with Gasteiger partial charge in [-0.05, 0) is 17.7 Å². The first-order valence-electron chi connectivity index (χ1n) is 10.1. The number of nitrogens with one attached hydrogen (secondary N) is 1. The molecule has 3 aromatic rings. The number of anilines is 2. The maximum absolute atomic E-state index is 13.7. The minimum Gasteiger partial charge on any atom is -0.497 e. The fraction of sp³-hybridized carbons (Fsp3) is 0.261. The van der Waals surface area contributed by atoms with Crippen LogP contribution in [0.15, 0.2) is 58.1 Å². The van der Waals surface area contributed by atoms with Crippen LogP contribution in [-0.4, -0.2) is 43.4 Å². The van der Waals surface area contributed by atoms with Gasteiger partial charge < -0.3 is 19.9 Å². The first-order chi connectivity index (χ1) is 15.9. The number of amides is 1. The number of nitrogens with zero attached hydrogens (tertiary/aromatic N) is 2. The van der Waals surface area contributed by atoms with E-state index in [4.69, 9.17) is 19.9 Å². The fourth-order valence-electron chi connectivity index (χ4n) is 3.35. The van der Waals surface area contributed by atoms with E-state index in [9.17, 15) is 14.4 Å². The van der Waals surface area contributed by atoms with Crippen LogP contribution in [0.5, 0.6) is 11.5 Å². The fourth-order valence-corrected chi connectivity index (χ4v) is 3.35. The highest BCUT2D eigenvalue weighted by Gasteiger charge is 2.26. The third-order valence-corrected chi connectivity index (χ3v) is 5.03. The molecule has 0 fully saturated rings. The summed E-state index contributed by atoms with van der Waals surface area (Å²) >= 11 is 0. The molecule has 3 N–H and O–H groups in total. The van der Waals surface area contributed by atoms with Crippen LogP contribution in [0.4, 0.5) is 11.5 Å². The minimum absolute atomic E-state index is 0.0367. The highest BCUT2D eigenvalue weighted by atomic mass is 16.5. The predicted molar refractivity (Wildman–Crippen MR) is 124 cm³/mol. The smallest absolute Gasteiger partial charge is 0.330 e. The van der Waals surface area contributed by atoms with Crippen molar-refractivity contribution in [1.29, 1.82) is 0 Å². The lowest BCUT2D eigenvalue weighted by Gasteiger charge is -2.25. The number of carbonyl (C=O) groups is 1. The van der Waals surface area contributed by atoms with Gasteiger partial charge in [0.25, 0.3) is 11.5 Å². The summed E-state index contributed by atoms with van der Waals surface area (Å²) in [5.74, 6) is 0.152. The monoisotopic (exact) mass is 454 g/mol. The van der Waals surface area contributed by atoms with Crippen LogP contribution >= 0.6 is 0 Å². The van der Waals surface area contributed by atoms with E-state index in [1.54, 1.807) is 6.07 Å². The minimum atomic E-state index is -0.773.